The molecule has 1 unspecified atom stereocenters. The topological polar surface area (TPSA) is 46.6 Å². The molecule has 0 aliphatic rings. The van der Waals surface area contributed by atoms with Gasteiger partial charge in [0.05, 0.1) is 5.92 Å². The first-order chi connectivity index (χ1) is 9.45. The average molecular weight is 281 g/mol. The average Bonchev–Trinajstić information content (AvgIpc) is 2.45. The van der Waals surface area contributed by atoms with Gasteiger partial charge in [-0.15, -0.1) is 0 Å². The monoisotopic (exact) mass is 281 g/mol. The third-order valence-corrected chi connectivity index (χ3v) is 3.14. The molecule has 0 bridgehead atoms. The van der Waals surface area contributed by atoms with E-state index in [1.165, 1.54) is 11.0 Å². The summed E-state index contributed by atoms with van der Waals surface area (Å²) in [6, 6.07) is 6.26. The predicted octanol–water partition coefficient (Wildman–Crippen LogP) is 2.37. The zero-order valence-corrected chi connectivity index (χ0v) is 12.1. The lowest BCUT2D eigenvalue weighted by atomic mass is 10.1. The summed E-state index contributed by atoms with van der Waals surface area (Å²) in [5.41, 5.74) is 0.427. The van der Waals surface area contributed by atoms with Gasteiger partial charge in [0.25, 0.3) is 5.91 Å². The van der Waals surface area contributed by atoms with Crippen LogP contribution in [0.4, 0.5) is 4.39 Å². The maximum atomic E-state index is 13.5. The standard InChI is InChI=1S/C15H20FNO3/c1-4-11(2)15(19)20-10-14(18)17(3)9-12-7-5-6-8-13(12)16/h5-8,11H,4,9-10H2,1-3H3. The molecule has 0 fully saturated rings. The molecule has 0 spiro atoms. The highest BCUT2D eigenvalue weighted by Gasteiger charge is 2.16. The van der Waals surface area contributed by atoms with Gasteiger partial charge in [0, 0.05) is 19.2 Å². The van der Waals surface area contributed by atoms with Gasteiger partial charge in [-0.1, -0.05) is 32.0 Å². The van der Waals surface area contributed by atoms with Crippen LogP contribution in [0.25, 0.3) is 0 Å². The van der Waals surface area contributed by atoms with Crippen molar-refractivity contribution in [2.24, 2.45) is 5.92 Å². The van der Waals surface area contributed by atoms with Crippen LogP contribution in [0.1, 0.15) is 25.8 Å². The molecular weight excluding hydrogens is 261 g/mol. The molecule has 0 heterocycles. The minimum Gasteiger partial charge on any atom is -0.455 e. The summed E-state index contributed by atoms with van der Waals surface area (Å²) in [6.07, 6.45) is 0.665. The number of hydrogen-bond donors (Lipinski definition) is 0. The number of carbonyl (C=O) groups is 2. The van der Waals surface area contributed by atoms with E-state index >= 15 is 0 Å². The summed E-state index contributed by atoms with van der Waals surface area (Å²) in [5, 5.41) is 0. The van der Waals surface area contributed by atoms with Gasteiger partial charge in [0.2, 0.25) is 0 Å². The van der Waals surface area contributed by atoms with Crippen molar-refractivity contribution in [3.63, 3.8) is 0 Å². The van der Waals surface area contributed by atoms with Crippen molar-refractivity contribution in [2.75, 3.05) is 13.7 Å². The van der Waals surface area contributed by atoms with Crippen LogP contribution in [-0.4, -0.2) is 30.4 Å². The first-order valence-corrected chi connectivity index (χ1v) is 6.59. The Morgan fingerprint density at radius 3 is 2.60 bits per heavy atom. The van der Waals surface area contributed by atoms with Crippen molar-refractivity contribution in [2.45, 2.75) is 26.8 Å². The largest absolute Gasteiger partial charge is 0.455 e. The van der Waals surface area contributed by atoms with Crippen LogP contribution in [-0.2, 0) is 20.9 Å². The predicted molar refractivity (Wildman–Crippen MR) is 73.3 cm³/mol. The second-order valence-electron chi connectivity index (χ2n) is 4.76. The molecule has 5 heteroatoms. The second kappa shape index (κ2) is 7.62. The number of nitrogens with zero attached hydrogens (tertiary/aromatic N) is 1. The fraction of sp³-hybridized carbons (Fsp3) is 0.467. The van der Waals surface area contributed by atoms with Gasteiger partial charge in [-0.05, 0) is 12.5 Å². The van der Waals surface area contributed by atoms with Crippen molar-refractivity contribution in [3.05, 3.63) is 35.6 Å². The Hall–Kier alpha value is -1.91. The molecule has 1 atom stereocenters. The zero-order chi connectivity index (χ0) is 15.1. The number of benzene rings is 1. The fourth-order valence-corrected chi connectivity index (χ4v) is 1.52. The minimum absolute atomic E-state index is 0.145. The van der Waals surface area contributed by atoms with Gasteiger partial charge in [-0.3, -0.25) is 9.59 Å². The lowest BCUT2D eigenvalue weighted by Crippen LogP contribution is -2.31. The van der Waals surface area contributed by atoms with Gasteiger partial charge in [-0.2, -0.15) is 0 Å². The highest BCUT2D eigenvalue weighted by atomic mass is 19.1. The van der Waals surface area contributed by atoms with E-state index in [2.05, 4.69) is 0 Å². The number of likely N-dealkylation sites (N-methyl/N-ethyl adjacent to an activating group) is 1. The number of halogens is 1. The van der Waals surface area contributed by atoms with E-state index in [4.69, 9.17) is 4.74 Å². The molecule has 0 saturated carbocycles. The van der Waals surface area contributed by atoms with E-state index in [-0.39, 0.29) is 36.8 Å². The van der Waals surface area contributed by atoms with Crippen molar-refractivity contribution in [1.29, 1.82) is 0 Å². The molecule has 0 radical (unpaired) electrons. The summed E-state index contributed by atoms with van der Waals surface area (Å²) < 4.78 is 18.4. The summed E-state index contributed by atoms with van der Waals surface area (Å²) in [4.78, 5) is 24.6. The smallest absolute Gasteiger partial charge is 0.309 e. The molecule has 110 valence electrons. The number of amides is 1. The van der Waals surface area contributed by atoms with E-state index in [0.717, 1.165) is 0 Å². The molecule has 0 N–H and O–H groups in total. The van der Waals surface area contributed by atoms with Crippen LogP contribution >= 0.6 is 0 Å². The van der Waals surface area contributed by atoms with Crippen LogP contribution in [0.5, 0.6) is 0 Å². The molecule has 1 aromatic carbocycles. The number of ether oxygens (including phenoxy) is 1. The summed E-state index contributed by atoms with van der Waals surface area (Å²) >= 11 is 0. The third kappa shape index (κ3) is 4.64. The molecular formula is C15H20FNO3. The Labute approximate surface area is 118 Å². The Morgan fingerprint density at radius 1 is 1.35 bits per heavy atom. The van der Waals surface area contributed by atoms with E-state index in [1.807, 2.05) is 6.92 Å². The number of esters is 1. The van der Waals surface area contributed by atoms with Crippen LogP contribution < -0.4 is 0 Å². The lowest BCUT2D eigenvalue weighted by molar-refractivity contribution is -0.154. The van der Waals surface area contributed by atoms with Crippen LogP contribution in [0.2, 0.25) is 0 Å². The number of carbonyl (C=O) groups excluding carboxylic acids is 2. The third-order valence-electron chi connectivity index (χ3n) is 3.14. The molecule has 1 amide bonds. The van der Waals surface area contributed by atoms with E-state index in [0.29, 0.717) is 12.0 Å². The molecule has 4 nitrogen and oxygen atoms in total. The number of rotatable bonds is 6. The quantitative estimate of drug-likeness (QED) is 0.752. The second-order valence-corrected chi connectivity index (χ2v) is 4.76. The zero-order valence-electron chi connectivity index (χ0n) is 12.1. The van der Waals surface area contributed by atoms with Gasteiger partial charge >= 0.3 is 5.97 Å². The Morgan fingerprint density at radius 2 is 2.00 bits per heavy atom. The van der Waals surface area contributed by atoms with E-state index in [1.54, 1.807) is 32.2 Å². The molecule has 1 aromatic rings. The van der Waals surface area contributed by atoms with Gasteiger partial charge in [0.1, 0.15) is 5.82 Å². The molecule has 0 aliphatic heterocycles. The number of hydrogen-bond acceptors (Lipinski definition) is 3. The van der Waals surface area contributed by atoms with Crippen LogP contribution in [0.3, 0.4) is 0 Å². The van der Waals surface area contributed by atoms with Gasteiger partial charge < -0.3 is 9.64 Å². The highest BCUT2D eigenvalue weighted by Crippen LogP contribution is 2.09. The lowest BCUT2D eigenvalue weighted by Gasteiger charge is -2.18. The molecule has 0 aromatic heterocycles. The van der Waals surface area contributed by atoms with Crippen LogP contribution in [0.15, 0.2) is 24.3 Å². The van der Waals surface area contributed by atoms with Crippen molar-refractivity contribution >= 4 is 11.9 Å². The molecule has 0 aliphatic carbocycles. The summed E-state index contributed by atoms with van der Waals surface area (Å²) in [5.74, 6) is -1.33. The Bertz CT molecular complexity index is 476. The first-order valence-electron chi connectivity index (χ1n) is 6.59. The summed E-state index contributed by atoms with van der Waals surface area (Å²) in [6.45, 7) is 3.45. The molecule has 20 heavy (non-hydrogen) atoms. The Kier molecular flexibility index (Phi) is 6.15. The highest BCUT2D eigenvalue weighted by molar-refractivity contribution is 5.81. The van der Waals surface area contributed by atoms with Gasteiger partial charge in [0.15, 0.2) is 6.61 Å². The van der Waals surface area contributed by atoms with Crippen LogP contribution in [0, 0.1) is 11.7 Å². The fourth-order valence-electron chi connectivity index (χ4n) is 1.52. The first kappa shape index (κ1) is 16.1. The maximum Gasteiger partial charge on any atom is 0.309 e. The normalized spacial score (nSPS) is 11.8. The van der Waals surface area contributed by atoms with Gasteiger partial charge in [-0.25, -0.2) is 4.39 Å². The summed E-state index contributed by atoms with van der Waals surface area (Å²) in [7, 11) is 1.55. The Balaban J connectivity index is 2.48. The maximum absolute atomic E-state index is 13.5. The van der Waals surface area contributed by atoms with E-state index < -0.39 is 0 Å². The van der Waals surface area contributed by atoms with E-state index in [9.17, 15) is 14.0 Å². The van der Waals surface area contributed by atoms with Crippen molar-refractivity contribution in [1.82, 2.24) is 4.90 Å². The van der Waals surface area contributed by atoms with Crippen molar-refractivity contribution in [3.8, 4) is 0 Å². The minimum atomic E-state index is -0.389. The SMILES string of the molecule is CCC(C)C(=O)OCC(=O)N(C)Cc1ccccc1F. The van der Waals surface area contributed by atoms with Crippen molar-refractivity contribution < 1.29 is 18.7 Å². The molecule has 1 rings (SSSR count). The molecule has 0 saturated heterocycles.